The number of benzene rings is 5. The van der Waals surface area contributed by atoms with E-state index in [1.807, 2.05) is 0 Å². The van der Waals surface area contributed by atoms with Crippen LogP contribution in [0.2, 0.25) is 0 Å². The minimum Gasteiger partial charge on any atom is -0.0654 e. The number of hydrogen-bond acceptors (Lipinski definition) is 0. The summed E-state index contributed by atoms with van der Waals surface area (Å²) < 4.78 is 0. The van der Waals surface area contributed by atoms with E-state index in [-0.39, 0.29) is 5.41 Å². The molecule has 0 unspecified atom stereocenters. The van der Waals surface area contributed by atoms with Crippen molar-refractivity contribution in [3.8, 4) is 22.3 Å². The summed E-state index contributed by atoms with van der Waals surface area (Å²) in [5.74, 6) is 0. The lowest BCUT2D eigenvalue weighted by Gasteiger charge is -2.33. The molecule has 0 bridgehead atoms. The molecule has 0 aliphatic heterocycles. The fourth-order valence-corrected chi connectivity index (χ4v) is 8.16. The Balaban J connectivity index is 1.38. The Hall–Kier alpha value is -3.38. The second kappa shape index (κ2) is 14.4. The average molecular weight is 595 g/mol. The second-order valence-electron chi connectivity index (χ2n) is 14.2. The van der Waals surface area contributed by atoms with Gasteiger partial charge in [-0.3, -0.25) is 0 Å². The third-order valence-corrected chi connectivity index (χ3v) is 10.7. The molecule has 0 atom stereocenters. The van der Waals surface area contributed by atoms with Crippen molar-refractivity contribution in [2.45, 2.75) is 123 Å². The molecule has 45 heavy (non-hydrogen) atoms. The molecular formula is C45H54. The highest BCUT2D eigenvalue weighted by atomic mass is 14.4. The number of unbranched alkanes of at least 4 members (excludes halogenated alkanes) is 10. The maximum atomic E-state index is 2.60. The molecule has 0 nitrogen and oxygen atoms in total. The molecular weight excluding hydrogens is 540 g/mol. The fourth-order valence-electron chi connectivity index (χ4n) is 8.16. The molecule has 0 saturated carbocycles. The summed E-state index contributed by atoms with van der Waals surface area (Å²) >= 11 is 0. The van der Waals surface area contributed by atoms with Gasteiger partial charge >= 0.3 is 0 Å². The lowest BCUT2D eigenvalue weighted by molar-refractivity contribution is 0.398. The van der Waals surface area contributed by atoms with E-state index in [0.717, 1.165) is 0 Å². The van der Waals surface area contributed by atoms with E-state index in [9.17, 15) is 0 Å². The molecule has 0 spiro atoms. The maximum Gasteiger partial charge on any atom is 0.0215 e. The van der Waals surface area contributed by atoms with Crippen molar-refractivity contribution in [1.82, 2.24) is 0 Å². The standard InChI is InChI=1S/C45H54/c1-5-7-9-11-13-15-25-45(26-16-14-12-10-8-6-2)43-28-34(4)18-23-41(43)42-24-22-38(32-44(42)45)35-20-21-37-30-39-27-33(3)17-19-36(39)31-40(37)29-35/h17-24,27-32H,5-16,25-26H2,1-4H3. The van der Waals surface area contributed by atoms with E-state index in [1.165, 1.54) is 145 Å². The highest BCUT2D eigenvalue weighted by molar-refractivity contribution is 6.00. The van der Waals surface area contributed by atoms with Gasteiger partial charge in [0.15, 0.2) is 0 Å². The predicted octanol–water partition coefficient (Wildman–Crippen LogP) is 14.0. The van der Waals surface area contributed by atoms with Crippen molar-refractivity contribution < 1.29 is 0 Å². The van der Waals surface area contributed by atoms with Gasteiger partial charge in [-0.05, 0) is 106 Å². The van der Waals surface area contributed by atoms with Crippen LogP contribution in [0, 0.1) is 13.8 Å². The van der Waals surface area contributed by atoms with Crippen molar-refractivity contribution in [3.63, 3.8) is 0 Å². The van der Waals surface area contributed by atoms with Gasteiger partial charge in [-0.2, -0.15) is 0 Å². The second-order valence-corrected chi connectivity index (χ2v) is 14.2. The Bertz CT molecular complexity index is 1740. The minimum atomic E-state index is 0.118. The first-order valence-electron chi connectivity index (χ1n) is 18.2. The van der Waals surface area contributed by atoms with E-state index in [4.69, 9.17) is 0 Å². The van der Waals surface area contributed by atoms with Gasteiger partial charge in [-0.25, -0.2) is 0 Å². The number of fused-ring (bicyclic) bond motifs is 5. The van der Waals surface area contributed by atoms with Crippen molar-refractivity contribution in [3.05, 3.63) is 107 Å². The largest absolute Gasteiger partial charge is 0.0654 e. The van der Waals surface area contributed by atoms with E-state index < -0.39 is 0 Å². The zero-order valence-corrected chi connectivity index (χ0v) is 28.5. The summed E-state index contributed by atoms with van der Waals surface area (Å²) in [7, 11) is 0. The molecule has 0 aromatic heterocycles. The van der Waals surface area contributed by atoms with Crippen LogP contribution >= 0.6 is 0 Å². The smallest absolute Gasteiger partial charge is 0.0215 e. The lowest BCUT2D eigenvalue weighted by Crippen LogP contribution is -2.25. The van der Waals surface area contributed by atoms with E-state index in [0.29, 0.717) is 0 Å². The van der Waals surface area contributed by atoms with Crippen LogP contribution in [0.25, 0.3) is 43.8 Å². The maximum absolute atomic E-state index is 2.60. The number of rotatable bonds is 15. The molecule has 1 aliphatic carbocycles. The fraction of sp³-hybridized carbons (Fsp3) is 0.422. The molecule has 5 aromatic rings. The predicted molar refractivity (Wildman–Crippen MR) is 199 cm³/mol. The van der Waals surface area contributed by atoms with Gasteiger partial charge in [0.05, 0.1) is 0 Å². The molecule has 0 heteroatoms. The van der Waals surface area contributed by atoms with Gasteiger partial charge in [0, 0.05) is 5.41 Å². The highest BCUT2D eigenvalue weighted by Crippen LogP contribution is 2.55. The van der Waals surface area contributed by atoms with E-state index in [1.54, 1.807) is 11.1 Å². The Morgan fingerprint density at radius 1 is 0.400 bits per heavy atom. The molecule has 0 amide bonds. The summed E-state index contributed by atoms with van der Waals surface area (Å²) in [6.07, 6.45) is 18.8. The quantitative estimate of drug-likeness (QED) is 0.0835. The summed E-state index contributed by atoms with van der Waals surface area (Å²) in [5, 5.41) is 5.30. The van der Waals surface area contributed by atoms with Crippen LogP contribution in [0.15, 0.2) is 84.9 Å². The van der Waals surface area contributed by atoms with Gasteiger partial charge in [-0.1, -0.05) is 163 Å². The van der Waals surface area contributed by atoms with Gasteiger partial charge < -0.3 is 0 Å². The van der Waals surface area contributed by atoms with Crippen LogP contribution in [-0.2, 0) is 5.41 Å². The normalized spacial score (nSPS) is 13.4. The molecule has 6 rings (SSSR count). The molecule has 0 N–H and O–H groups in total. The van der Waals surface area contributed by atoms with Crippen molar-refractivity contribution in [2.24, 2.45) is 0 Å². The summed E-state index contributed by atoms with van der Waals surface area (Å²) in [5.41, 5.74) is 11.7. The monoisotopic (exact) mass is 594 g/mol. The molecule has 0 saturated heterocycles. The summed E-state index contributed by atoms with van der Waals surface area (Å²) in [4.78, 5) is 0. The van der Waals surface area contributed by atoms with Crippen LogP contribution in [0.1, 0.15) is 126 Å². The van der Waals surface area contributed by atoms with Gasteiger partial charge in [0.2, 0.25) is 0 Å². The Kier molecular flexibility index (Phi) is 10.1. The summed E-state index contributed by atoms with van der Waals surface area (Å²) in [6, 6.07) is 33.4. The minimum absolute atomic E-state index is 0.118. The van der Waals surface area contributed by atoms with Gasteiger partial charge in [-0.15, -0.1) is 0 Å². The summed E-state index contributed by atoms with van der Waals surface area (Å²) in [6.45, 7) is 9.11. The van der Waals surface area contributed by atoms with E-state index >= 15 is 0 Å². The van der Waals surface area contributed by atoms with Crippen LogP contribution in [-0.4, -0.2) is 0 Å². The van der Waals surface area contributed by atoms with Crippen LogP contribution < -0.4 is 0 Å². The van der Waals surface area contributed by atoms with Crippen LogP contribution in [0.5, 0.6) is 0 Å². The molecule has 0 fully saturated rings. The first-order valence-corrected chi connectivity index (χ1v) is 18.2. The molecule has 0 heterocycles. The highest BCUT2D eigenvalue weighted by Gasteiger charge is 2.42. The zero-order valence-electron chi connectivity index (χ0n) is 28.5. The van der Waals surface area contributed by atoms with Crippen LogP contribution in [0.3, 0.4) is 0 Å². The molecule has 5 aromatic carbocycles. The average Bonchev–Trinajstić information content (AvgIpc) is 3.31. The van der Waals surface area contributed by atoms with Crippen molar-refractivity contribution in [2.75, 3.05) is 0 Å². The Morgan fingerprint density at radius 3 is 1.53 bits per heavy atom. The Morgan fingerprint density at radius 2 is 0.867 bits per heavy atom. The first-order chi connectivity index (χ1) is 22.0. The molecule has 1 aliphatic rings. The Labute approximate surface area is 273 Å². The topological polar surface area (TPSA) is 0 Å². The number of aryl methyl sites for hydroxylation is 2. The SMILES string of the molecule is CCCCCCCCC1(CCCCCCCC)c2cc(C)ccc2-c2ccc(-c3ccc4cc5cc(C)ccc5cc4c3)cc21. The molecule has 0 radical (unpaired) electrons. The third kappa shape index (κ3) is 6.77. The lowest BCUT2D eigenvalue weighted by atomic mass is 9.70. The van der Waals surface area contributed by atoms with Gasteiger partial charge in [0.25, 0.3) is 0 Å². The molecule has 234 valence electrons. The van der Waals surface area contributed by atoms with E-state index in [2.05, 4.69) is 113 Å². The number of hydrogen-bond donors (Lipinski definition) is 0. The van der Waals surface area contributed by atoms with Crippen molar-refractivity contribution in [1.29, 1.82) is 0 Å². The van der Waals surface area contributed by atoms with Crippen LogP contribution in [0.4, 0.5) is 0 Å². The van der Waals surface area contributed by atoms with Gasteiger partial charge in [0.1, 0.15) is 0 Å². The zero-order chi connectivity index (χ0) is 31.2. The van der Waals surface area contributed by atoms with Crippen molar-refractivity contribution >= 4 is 21.5 Å². The first kappa shape index (κ1) is 31.6. The third-order valence-electron chi connectivity index (χ3n) is 10.7.